The van der Waals surface area contributed by atoms with Crippen LogP contribution in [0.4, 0.5) is 0 Å². The molecule has 1 aliphatic heterocycles. The van der Waals surface area contributed by atoms with E-state index in [1.807, 2.05) is 0 Å². The second kappa shape index (κ2) is 7.25. The van der Waals surface area contributed by atoms with E-state index in [1.54, 1.807) is 0 Å². The first-order valence-electron chi connectivity index (χ1n) is 8.83. The second-order valence-electron chi connectivity index (χ2n) is 7.10. The molecule has 4 nitrogen and oxygen atoms in total. The van der Waals surface area contributed by atoms with Gasteiger partial charge < -0.3 is 5.73 Å². The van der Waals surface area contributed by atoms with Crippen LogP contribution in [0.5, 0.6) is 0 Å². The summed E-state index contributed by atoms with van der Waals surface area (Å²) in [5, 5.41) is 6.59. The van der Waals surface area contributed by atoms with Crippen molar-refractivity contribution in [3.8, 4) is 0 Å². The summed E-state index contributed by atoms with van der Waals surface area (Å²) in [5.74, 6) is 1.54. The molecule has 2 saturated carbocycles. The van der Waals surface area contributed by atoms with Crippen LogP contribution in [0.1, 0.15) is 64.2 Å². The first-order chi connectivity index (χ1) is 10.3. The summed E-state index contributed by atoms with van der Waals surface area (Å²) in [6.07, 6.45) is 14.1. The summed E-state index contributed by atoms with van der Waals surface area (Å²) in [6.45, 7) is 1.08. The minimum Gasteiger partial charge on any atom is -0.375 e. The summed E-state index contributed by atoms with van der Waals surface area (Å²) < 4.78 is 0. The van der Waals surface area contributed by atoms with Crippen molar-refractivity contribution in [1.82, 2.24) is 15.8 Å². The van der Waals surface area contributed by atoms with Crippen LogP contribution in [0, 0.1) is 11.8 Å². The van der Waals surface area contributed by atoms with Gasteiger partial charge in [-0.05, 0) is 49.7 Å². The molecule has 1 heterocycles. The van der Waals surface area contributed by atoms with Gasteiger partial charge in [-0.1, -0.05) is 38.5 Å². The summed E-state index contributed by atoms with van der Waals surface area (Å²) >= 11 is 5.14. The molecule has 0 aromatic heterocycles. The van der Waals surface area contributed by atoms with Gasteiger partial charge in [-0.3, -0.25) is 10.7 Å². The van der Waals surface area contributed by atoms with Gasteiger partial charge in [0, 0.05) is 12.6 Å². The lowest BCUT2D eigenvalue weighted by atomic mass is 9.83. The van der Waals surface area contributed by atoms with Crippen molar-refractivity contribution in [2.24, 2.45) is 17.6 Å². The van der Waals surface area contributed by atoms with Crippen molar-refractivity contribution < 1.29 is 0 Å². The van der Waals surface area contributed by atoms with Crippen LogP contribution in [0.2, 0.25) is 0 Å². The molecular formula is C16H30N4S. The average Bonchev–Trinajstić information content (AvgIpc) is 2.92. The SMILES string of the molecule is NC(=S)NN1C(C2CCCCC2)CNC1C1CCCCC1. The predicted octanol–water partition coefficient (Wildman–Crippen LogP) is 2.50. The molecule has 120 valence electrons. The molecule has 0 spiro atoms. The van der Waals surface area contributed by atoms with Gasteiger partial charge in [-0.2, -0.15) is 5.01 Å². The lowest BCUT2D eigenvalue weighted by Crippen LogP contribution is -2.57. The van der Waals surface area contributed by atoms with Crippen molar-refractivity contribution in [2.45, 2.75) is 76.4 Å². The third-order valence-corrected chi connectivity index (χ3v) is 5.81. The number of thiocarbonyl (C=S) groups is 1. The maximum Gasteiger partial charge on any atom is 0.178 e. The lowest BCUT2D eigenvalue weighted by molar-refractivity contribution is 0.0575. The number of rotatable bonds is 3. The van der Waals surface area contributed by atoms with Gasteiger partial charge in [0.2, 0.25) is 0 Å². The van der Waals surface area contributed by atoms with Gasteiger partial charge >= 0.3 is 0 Å². The van der Waals surface area contributed by atoms with Gasteiger partial charge in [0.15, 0.2) is 5.11 Å². The third-order valence-electron chi connectivity index (χ3n) is 5.72. The molecular weight excluding hydrogens is 280 g/mol. The normalized spacial score (nSPS) is 33.1. The number of hydrazine groups is 1. The Morgan fingerprint density at radius 3 is 2.10 bits per heavy atom. The van der Waals surface area contributed by atoms with Crippen LogP contribution in [-0.2, 0) is 0 Å². The van der Waals surface area contributed by atoms with Gasteiger partial charge in [-0.15, -0.1) is 0 Å². The van der Waals surface area contributed by atoms with Crippen molar-refractivity contribution in [1.29, 1.82) is 0 Å². The fourth-order valence-electron chi connectivity index (χ4n) is 4.68. The molecule has 0 aromatic rings. The van der Waals surface area contributed by atoms with E-state index in [0.29, 0.717) is 17.3 Å². The highest BCUT2D eigenvalue weighted by Gasteiger charge is 2.42. The van der Waals surface area contributed by atoms with E-state index >= 15 is 0 Å². The van der Waals surface area contributed by atoms with E-state index in [-0.39, 0.29) is 0 Å². The van der Waals surface area contributed by atoms with Gasteiger partial charge in [0.05, 0.1) is 6.17 Å². The Hall–Kier alpha value is -0.390. The molecule has 1 saturated heterocycles. The lowest BCUT2D eigenvalue weighted by Gasteiger charge is -2.39. The zero-order valence-corrected chi connectivity index (χ0v) is 13.8. The number of nitrogens with zero attached hydrogens (tertiary/aromatic N) is 1. The summed E-state index contributed by atoms with van der Waals surface area (Å²) in [4.78, 5) is 0. The van der Waals surface area contributed by atoms with Crippen molar-refractivity contribution in [3.05, 3.63) is 0 Å². The fraction of sp³-hybridized carbons (Fsp3) is 0.938. The van der Waals surface area contributed by atoms with E-state index in [9.17, 15) is 0 Å². The molecule has 0 aromatic carbocycles. The first-order valence-corrected chi connectivity index (χ1v) is 9.24. The Balaban J connectivity index is 1.69. The number of nitrogens with one attached hydrogen (secondary N) is 2. The highest BCUT2D eigenvalue weighted by atomic mass is 32.1. The predicted molar refractivity (Wildman–Crippen MR) is 90.5 cm³/mol. The monoisotopic (exact) mass is 310 g/mol. The maximum absolute atomic E-state index is 5.81. The van der Waals surface area contributed by atoms with E-state index in [1.165, 1.54) is 64.2 Å². The molecule has 21 heavy (non-hydrogen) atoms. The highest BCUT2D eigenvalue weighted by molar-refractivity contribution is 7.80. The van der Waals surface area contributed by atoms with Crippen molar-refractivity contribution in [2.75, 3.05) is 6.54 Å². The molecule has 3 fully saturated rings. The molecule has 4 N–H and O–H groups in total. The van der Waals surface area contributed by atoms with E-state index < -0.39 is 0 Å². The molecule has 0 bridgehead atoms. The van der Waals surface area contributed by atoms with Crippen LogP contribution in [-0.4, -0.2) is 28.9 Å². The zero-order valence-electron chi connectivity index (χ0n) is 13.0. The quantitative estimate of drug-likeness (QED) is 0.699. The standard InChI is InChI=1S/C16H30N4S/c17-16(21)19-20-14(12-7-3-1-4-8-12)11-18-15(20)13-9-5-2-6-10-13/h12-15,18H,1-11H2,(H3,17,19,21). The van der Waals surface area contributed by atoms with Crippen LogP contribution < -0.4 is 16.5 Å². The zero-order chi connectivity index (χ0) is 14.7. The summed E-state index contributed by atoms with van der Waals surface area (Å²) in [5.41, 5.74) is 9.12. The minimum absolute atomic E-state index is 0.415. The number of hydrogen-bond acceptors (Lipinski definition) is 3. The summed E-state index contributed by atoms with van der Waals surface area (Å²) in [6, 6.07) is 0.554. The number of hydrogen-bond donors (Lipinski definition) is 3. The molecule has 0 amide bonds. The van der Waals surface area contributed by atoms with Crippen LogP contribution in [0.3, 0.4) is 0 Å². The van der Waals surface area contributed by atoms with Crippen LogP contribution >= 0.6 is 12.2 Å². The van der Waals surface area contributed by atoms with Crippen LogP contribution in [0.25, 0.3) is 0 Å². The third kappa shape index (κ3) is 3.69. The fourth-order valence-corrected chi connectivity index (χ4v) is 4.79. The van der Waals surface area contributed by atoms with Crippen LogP contribution in [0.15, 0.2) is 0 Å². The molecule has 2 aliphatic carbocycles. The van der Waals surface area contributed by atoms with Gasteiger partial charge in [0.1, 0.15) is 0 Å². The second-order valence-corrected chi connectivity index (χ2v) is 7.54. The van der Waals surface area contributed by atoms with Gasteiger partial charge in [-0.25, -0.2) is 0 Å². The highest BCUT2D eigenvalue weighted by Crippen LogP contribution is 2.35. The van der Waals surface area contributed by atoms with E-state index in [2.05, 4.69) is 15.8 Å². The van der Waals surface area contributed by atoms with Gasteiger partial charge in [0.25, 0.3) is 0 Å². The Morgan fingerprint density at radius 2 is 1.52 bits per heavy atom. The molecule has 2 unspecified atom stereocenters. The van der Waals surface area contributed by atoms with Crippen molar-refractivity contribution >= 4 is 17.3 Å². The number of nitrogens with two attached hydrogens (primary N) is 1. The topological polar surface area (TPSA) is 53.3 Å². The molecule has 0 radical (unpaired) electrons. The first kappa shape index (κ1) is 15.5. The van der Waals surface area contributed by atoms with Crippen molar-refractivity contribution in [3.63, 3.8) is 0 Å². The Labute approximate surface area is 134 Å². The molecule has 3 rings (SSSR count). The molecule has 3 aliphatic rings. The Bertz CT molecular complexity index is 324. The molecule has 2 atom stereocenters. The Morgan fingerprint density at radius 1 is 0.952 bits per heavy atom. The summed E-state index contributed by atoms with van der Waals surface area (Å²) in [7, 11) is 0. The maximum atomic E-state index is 5.81. The Kier molecular flexibility index (Phi) is 5.35. The minimum atomic E-state index is 0.415. The van der Waals surface area contributed by atoms with E-state index in [0.717, 1.165) is 18.4 Å². The molecule has 5 heteroatoms. The van der Waals surface area contributed by atoms with E-state index in [4.69, 9.17) is 18.0 Å². The average molecular weight is 311 g/mol. The largest absolute Gasteiger partial charge is 0.375 e. The smallest absolute Gasteiger partial charge is 0.178 e.